The van der Waals surface area contributed by atoms with E-state index in [1.165, 1.54) is 9.13 Å². The van der Waals surface area contributed by atoms with E-state index in [4.69, 9.17) is 0 Å². The second kappa shape index (κ2) is 5.73. The lowest BCUT2D eigenvalue weighted by atomic mass is 10.1. The van der Waals surface area contributed by atoms with Gasteiger partial charge in [0, 0.05) is 7.05 Å². The van der Waals surface area contributed by atoms with E-state index >= 15 is 0 Å². The zero-order valence-corrected chi connectivity index (χ0v) is 11.5. The molecule has 1 heterocycles. The number of rotatable bonds is 5. The van der Waals surface area contributed by atoms with Gasteiger partial charge < -0.3 is 0 Å². The number of nitrogens with one attached hydrogen (secondary N) is 1. The van der Waals surface area contributed by atoms with E-state index < -0.39 is 11.9 Å². The van der Waals surface area contributed by atoms with Crippen LogP contribution in [0.25, 0.3) is 11.0 Å². The van der Waals surface area contributed by atoms with Crippen molar-refractivity contribution in [2.24, 2.45) is 7.05 Å². The van der Waals surface area contributed by atoms with Crippen molar-refractivity contribution in [1.29, 1.82) is 0 Å². The van der Waals surface area contributed by atoms with E-state index in [9.17, 15) is 14.4 Å². The molecule has 0 aliphatic carbocycles. The Morgan fingerprint density at radius 1 is 1.35 bits per heavy atom. The molecule has 106 valence electrons. The van der Waals surface area contributed by atoms with Gasteiger partial charge in [0.15, 0.2) is 0 Å². The summed E-state index contributed by atoms with van der Waals surface area (Å²) in [5.41, 5.74) is 1.20. The maximum atomic E-state index is 12.4. The van der Waals surface area contributed by atoms with E-state index in [1.54, 1.807) is 13.1 Å². The summed E-state index contributed by atoms with van der Waals surface area (Å²) in [6.07, 6.45) is 1.57. The minimum absolute atomic E-state index is 0.259. The molecule has 0 fully saturated rings. The Balaban J connectivity index is 2.64. The highest BCUT2D eigenvalue weighted by atomic mass is 16.2. The maximum Gasteiger partial charge on any atom is 0.329 e. The van der Waals surface area contributed by atoms with Crippen LogP contribution in [-0.4, -0.2) is 21.5 Å². The van der Waals surface area contributed by atoms with Crippen molar-refractivity contribution in [3.63, 3.8) is 0 Å². The predicted octanol–water partition coefficient (Wildman–Crippen LogP) is 0.954. The molecule has 0 saturated heterocycles. The molecule has 1 N–H and O–H groups in total. The van der Waals surface area contributed by atoms with Crippen molar-refractivity contribution in [2.45, 2.75) is 25.8 Å². The van der Waals surface area contributed by atoms with Crippen molar-refractivity contribution >= 4 is 23.4 Å². The summed E-state index contributed by atoms with van der Waals surface area (Å²) in [7, 11) is 1.67. The first kappa shape index (κ1) is 14.0. The molecule has 0 aliphatic rings. The number of imide groups is 1. The van der Waals surface area contributed by atoms with Gasteiger partial charge in [0.25, 0.3) is 0 Å². The Kier molecular flexibility index (Phi) is 4.02. The molecule has 1 atom stereocenters. The zero-order valence-electron chi connectivity index (χ0n) is 11.5. The molecule has 6 heteroatoms. The van der Waals surface area contributed by atoms with Crippen molar-refractivity contribution in [2.75, 3.05) is 0 Å². The van der Waals surface area contributed by atoms with Crippen LogP contribution >= 0.6 is 0 Å². The van der Waals surface area contributed by atoms with E-state index in [0.29, 0.717) is 18.3 Å². The van der Waals surface area contributed by atoms with Gasteiger partial charge in [-0.15, -0.1) is 0 Å². The number of fused-ring (bicyclic) bond motifs is 1. The molecule has 0 aliphatic heterocycles. The lowest BCUT2D eigenvalue weighted by Crippen LogP contribution is -2.36. The molecule has 2 aromatic rings. The summed E-state index contributed by atoms with van der Waals surface area (Å²) in [5, 5.41) is 2.14. The molecule has 2 rings (SSSR count). The van der Waals surface area contributed by atoms with Crippen LogP contribution < -0.4 is 11.0 Å². The monoisotopic (exact) mass is 275 g/mol. The summed E-state index contributed by atoms with van der Waals surface area (Å²) in [6.45, 7) is 1.93. The Hall–Kier alpha value is -2.37. The zero-order chi connectivity index (χ0) is 14.7. The normalized spacial score (nSPS) is 12.3. The third-order valence-electron chi connectivity index (χ3n) is 3.37. The Morgan fingerprint density at radius 3 is 2.60 bits per heavy atom. The highest BCUT2D eigenvalue weighted by molar-refractivity contribution is 5.90. The number of carbonyl (C=O) groups is 2. The quantitative estimate of drug-likeness (QED) is 0.826. The molecule has 0 radical (unpaired) electrons. The topological polar surface area (TPSA) is 73.1 Å². The highest BCUT2D eigenvalue weighted by Crippen LogP contribution is 2.20. The fraction of sp³-hybridized carbons (Fsp3) is 0.357. The van der Waals surface area contributed by atoms with Crippen molar-refractivity contribution in [3.8, 4) is 0 Å². The van der Waals surface area contributed by atoms with Crippen molar-refractivity contribution < 1.29 is 9.59 Å². The number of carbonyl (C=O) groups excluding carboxylic acids is 2. The van der Waals surface area contributed by atoms with E-state index in [0.717, 1.165) is 11.9 Å². The standard InChI is InChI=1S/C14H17N3O3/c1-3-6-12(13(19)15-9-18)17-11-8-5-4-7-10(11)16(2)14(17)20/h4-5,7-9,12H,3,6H2,1-2H3,(H,15,18,19). The first-order chi connectivity index (χ1) is 9.61. The summed E-state index contributed by atoms with van der Waals surface area (Å²) in [6, 6.07) is 6.61. The number of aryl methyl sites for hydroxylation is 1. The fourth-order valence-corrected chi connectivity index (χ4v) is 2.43. The van der Waals surface area contributed by atoms with Gasteiger partial charge >= 0.3 is 5.69 Å². The van der Waals surface area contributed by atoms with Crippen molar-refractivity contribution in [1.82, 2.24) is 14.5 Å². The lowest BCUT2D eigenvalue weighted by molar-refractivity contribution is -0.128. The van der Waals surface area contributed by atoms with Gasteiger partial charge in [0.1, 0.15) is 6.04 Å². The third kappa shape index (κ3) is 2.24. The van der Waals surface area contributed by atoms with Gasteiger partial charge in [-0.3, -0.25) is 24.0 Å². The summed E-state index contributed by atoms with van der Waals surface area (Å²) < 4.78 is 2.96. The van der Waals surface area contributed by atoms with E-state index in [-0.39, 0.29) is 5.69 Å². The van der Waals surface area contributed by atoms with Crippen LogP contribution in [0.4, 0.5) is 0 Å². The smallest absolute Gasteiger partial charge is 0.297 e. The first-order valence-corrected chi connectivity index (χ1v) is 6.51. The Bertz CT molecular complexity index is 699. The van der Waals surface area contributed by atoms with E-state index in [2.05, 4.69) is 5.32 Å². The molecule has 1 unspecified atom stereocenters. The van der Waals surface area contributed by atoms with Crippen LogP contribution in [0.3, 0.4) is 0 Å². The minimum atomic E-state index is -0.677. The minimum Gasteiger partial charge on any atom is -0.297 e. The number of imidazole rings is 1. The Morgan fingerprint density at radius 2 is 2.00 bits per heavy atom. The second-order valence-electron chi connectivity index (χ2n) is 4.63. The average molecular weight is 275 g/mol. The molecule has 6 nitrogen and oxygen atoms in total. The van der Waals surface area contributed by atoms with Gasteiger partial charge in [0.05, 0.1) is 11.0 Å². The molecule has 2 amide bonds. The number of amides is 2. The number of hydrogen-bond donors (Lipinski definition) is 1. The maximum absolute atomic E-state index is 12.4. The fourth-order valence-electron chi connectivity index (χ4n) is 2.43. The number of benzene rings is 1. The van der Waals surface area contributed by atoms with Gasteiger partial charge in [-0.2, -0.15) is 0 Å². The van der Waals surface area contributed by atoms with Gasteiger partial charge in [-0.05, 0) is 18.6 Å². The lowest BCUT2D eigenvalue weighted by Gasteiger charge is -2.15. The second-order valence-corrected chi connectivity index (χ2v) is 4.63. The summed E-state index contributed by atoms with van der Waals surface area (Å²) in [4.78, 5) is 34.9. The molecular weight excluding hydrogens is 258 g/mol. The van der Waals surface area contributed by atoms with Crippen LogP contribution in [0.1, 0.15) is 25.8 Å². The predicted molar refractivity (Wildman–Crippen MR) is 75.3 cm³/mol. The SMILES string of the molecule is CCCC(C(=O)NC=O)n1c(=O)n(C)c2ccccc21. The van der Waals surface area contributed by atoms with E-state index in [1.807, 2.05) is 25.1 Å². The summed E-state index contributed by atoms with van der Waals surface area (Å²) in [5.74, 6) is -0.458. The van der Waals surface area contributed by atoms with Crippen LogP contribution in [0.2, 0.25) is 0 Å². The van der Waals surface area contributed by atoms with Gasteiger partial charge in [0.2, 0.25) is 12.3 Å². The largest absolute Gasteiger partial charge is 0.329 e. The molecule has 0 spiro atoms. The number of nitrogens with zero attached hydrogens (tertiary/aromatic N) is 2. The Labute approximate surface area is 116 Å². The van der Waals surface area contributed by atoms with Crippen LogP contribution in [-0.2, 0) is 16.6 Å². The highest BCUT2D eigenvalue weighted by Gasteiger charge is 2.24. The van der Waals surface area contributed by atoms with Gasteiger partial charge in [-0.1, -0.05) is 25.5 Å². The molecule has 0 bridgehead atoms. The van der Waals surface area contributed by atoms with Crippen LogP contribution in [0, 0.1) is 0 Å². The van der Waals surface area contributed by atoms with Crippen LogP contribution in [0.5, 0.6) is 0 Å². The third-order valence-corrected chi connectivity index (χ3v) is 3.37. The number of para-hydroxylation sites is 2. The molecule has 1 aromatic carbocycles. The molecule has 0 saturated carbocycles. The first-order valence-electron chi connectivity index (χ1n) is 6.51. The number of hydrogen-bond acceptors (Lipinski definition) is 3. The van der Waals surface area contributed by atoms with Gasteiger partial charge in [-0.25, -0.2) is 4.79 Å². The summed E-state index contributed by atoms with van der Waals surface area (Å²) >= 11 is 0. The molecular formula is C14H17N3O3. The average Bonchev–Trinajstić information content (AvgIpc) is 2.70. The molecule has 20 heavy (non-hydrogen) atoms. The van der Waals surface area contributed by atoms with Crippen LogP contribution in [0.15, 0.2) is 29.1 Å². The molecule has 1 aromatic heterocycles. The van der Waals surface area contributed by atoms with Crippen molar-refractivity contribution in [3.05, 3.63) is 34.7 Å². The number of aromatic nitrogens is 2.